The Bertz CT molecular complexity index is 758. The number of para-hydroxylation sites is 1. The van der Waals surface area contributed by atoms with Gasteiger partial charge in [0.25, 0.3) is 0 Å². The third kappa shape index (κ3) is 2.39. The van der Waals surface area contributed by atoms with E-state index >= 15 is 0 Å². The molecule has 4 heteroatoms. The quantitative estimate of drug-likeness (QED) is 0.677. The van der Waals surface area contributed by atoms with Gasteiger partial charge in [0.05, 0.1) is 10.9 Å². The summed E-state index contributed by atoms with van der Waals surface area (Å²) in [5.41, 5.74) is 3.15. The van der Waals surface area contributed by atoms with Crippen LogP contribution in [-0.2, 0) is 0 Å². The summed E-state index contributed by atoms with van der Waals surface area (Å²) in [6, 6.07) is 11.8. The lowest BCUT2D eigenvalue weighted by molar-refractivity contribution is 0.467. The molecule has 3 aromatic rings. The van der Waals surface area contributed by atoms with Crippen molar-refractivity contribution in [2.45, 2.75) is 13.8 Å². The van der Waals surface area contributed by atoms with Crippen LogP contribution in [0.1, 0.15) is 11.1 Å². The van der Waals surface area contributed by atoms with Crippen LogP contribution in [0.25, 0.3) is 10.9 Å². The molecule has 0 bridgehead atoms. The number of hydrogen-bond acceptors (Lipinski definition) is 3. The fourth-order valence-electron chi connectivity index (χ4n) is 2.14. The van der Waals surface area contributed by atoms with Crippen molar-refractivity contribution < 1.29 is 4.74 Å². The highest BCUT2D eigenvalue weighted by atomic mass is 79.9. The van der Waals surface area contributed by atoms with Crippen LogP contribution >= 0.6 is 15.9 Å². The minimum absolute atomic E-state index is 0.580. The van der Waals surface area contributed by atoms with Gasteiger partial charge in [-0.25, -0.2) is 9.97 Å². The van der Waals surface area contributed by atoms with Crippen LogP contribution in [0.15, 0.2) is 47.2 Å². The summed E-state index contributed by atoms with van der Waals surface area (Å²) in [5, 5.41) is 0.910. The molecule has 100 valence electrons. The SMILES string of the molecule is Cc1cc(Oc2ncnc3ccccc23)cc(C)c1Br. The number of fused-ring (bicyclic) bond motifs is 1. The first-order valence-corrected chi connectivity index (χ1v) is 7.09. The second-order valence-electron chi connectivity index (χ2n) is 4.67. The molecule has 0 saturated heterocycles. The van der Waals surface area contributed by atoms with E-state index < -0.39 is 0 Å². The Morgan fingerprint density at radius 3 is 2.45 bits per heavy atom. The molecular formula is C16H13BrN2O. The molecule has 0 spiro atoms. The molecule has 1 aromatic heterocycles. The fourth-order valence-corrected chi connectivity index (χ4v) is 2.37. The largest absolute Gasteiger partial charge is 0.438 e. The van der Waals surface area contributed by atoms with Crippen LogP contribution < -0.4 is 4.74 Å². The minimum Gasteiger partial charge on any atom is -0.438 e. The Morgan fingerprint density at radius 1 is 1.00 bits per heavy atom. The Balaban J connectivity index is 2.06. The van der Waals surface area contributed by atoms with Crippen molar-refractivity contribution in [2.75, 3.05) is 0 Å². The van der Waals surface area contributed by atoms with Crippen LogP contribution in [0.3, 0.4) is 0 Å². The Labute approximate surface area is 125 Å². The normalized spacial score (nSPS) is 10.8. The number of aromatic nitrogens is 2. The van der Waals surface area contributed by atoms with Gasteiger partial charge in [0.1, 0.15) is 12.1 Å². The van der Waals surface area contributed by atoms with Crippen LogP contribution in [-0.4, -0.2) is 9.97 Å². The highest BCUT2D eigenvalue weighted by Gasteiger charge is 2.08. The molecule has 1 heterocycles. The van der Waals surface area contributed by atoms with Gasteiger partial charge in [-0.3, -0.25) is 0 Å². The molecule has 3 nitrogen and oxygen atoms in total. The number of aryl methyl sites for hydroxylation is 2. The van der Waals surface area contributed by atoms with Gasteiger partial charge < -0.3 is 4.74 Å². The molecule has 0 fully saturated rings. The average Bonchev–Trinajstić information content (AvgIpc) is 2.45. The maximum atomic E-state index is 5.94. The van der Waals surface area contributed by atoms with Crippen molar-refractivity contribution in [3.63, 3.8) is 0 Å². The molecular weight excluding hydrogens is 316 g/mol. The van der Waals surface area contributed by atoms with Gasteiger partial charge in [-0.2, -0.15) is 0 Å². The van der Waals surface area contributed by atoms with Crippen LogP contribution in [0.5, 0.6) is 11.6 Å². The molecule has 2 aromatic carbocycles. The summed E-state index contributed by atoms with van der Waals surface area (Å²) < 4.78 is 7.05. The highest BCUT2D eigenvalue weighted by Crippen LogP contribution is 2.31. The van der Waals surface area contributed by atoms with Gasteiger partial charge >= 0.3 is 0 Å². The van der Waals surface area contributed by atoms with Gasteiger partial charge in [0, 0.05) is 4.47 Å². The predicted octanol–water partition coefficient (Wildman–Crippen LogP) is 4.80. The molecule has 3 rings (SSSR count). The topological polar surface area (TPSA) is 35.0 Å². The van der Waals surface area contributed by atoms with Crippen LogP contribution in [0.4, 0.5) is 0 Å². The molecule has 0 radical (unpaired) electrons. The molecule has 0 saturated carbocycles. The number of rotatable bonds is 2. The second kappa shape index (κ2) is 5.21. The summed E-state index contributed by atoms with van der Waals surface area (Å²) in [6.45, 7) is 4.09. The second-order valence-corrected chi connectivity index (χ2v) is 5.46. The molecule has 0 unspecified atom stereocenters. The van der Waals surface area contributed by atoms with Crippen molar-refractivity contribution in [1.82, 2.24) is 9.97 Å². The first-order valence-electron chi connectivity index (χ1n) is 6.29. The third-order valence-electron chi connectivity index (χ3n) is 3.13. The smallest absolute Gasteiger partial charge is 0.230 e. The van der Waals surface area contributed by atoms with Crippen molar-refractivity contribution in [3.8, 4) is 11.6 Å². The maximum absolute atomic E-state index is 5.94. The zero-order valence-electron chi connectivity index (χ0n) is 11.2. The van der Waals surface area contributed by atoms with Crippen molar-refractivity contribution in [3.05, 3.63) is 58.3 Å². The molecule has 0 aliphatic heterocycles. The lowest BCUT2D eigenvalue weighted by Gasteiger charge is -2.10. The first-order chi connectivity index (χ1) is 9.65. The first kappa shape index (κ1) is 13.1. The van der Waals surface area contributed by atoms with E-state index in [0.717, 1.165) is 32.3 Å². The van der Waals surface area contributed by atoms with E-state index in [2.05, 4.69) is 25.9 Å². The van der Waals surface area contributed by atoms with Gasteiger partial charge in [0.2, 0.25) is 5.88 Å². The lowest BCUT2D eigenvalue weighted by Crippen LogP contribution is -1.93. The van der Waals surface area contributed by atoms with Crippen LogP contribution in [0.2, 0.25) is 0 Å². The van der Waals surface area contributed by atoms with Gasteiger partial charge in [-0.1, -0.05) is 28.1 Å². The highest BCUT2D eigenvalue weighted by molar-refractivity contribution is 9.10. The van der Waals surface area contributed by atoms with Crippen molar-refractivity contribution >= 4 is 26.8 Å². The zero-order valence-corrected chi connectivity index (χ0v) is 12.8. The van der Waals surface area contributed by atoms with E-state index in [4.69, 9.17) is 4.74 Å². The molecule has 0 amide bonds. The zero-order chi connectivity index (χ0) is 14.1. The lowest BCUT2D eigenvalue weighted by atomic mass is 10.1. The number of halogens is 1. The fraction of sp³-hybridized carbons (Fsp3) is 0.125. The molecule has 0 aliphatic carbocycles. The van der Waals surface area contributed by atoms with Crippen LogP contribution in [0, 0.1) is 13.8 Å². The summed E-state index contributed by atoms with van der Waals surface area (Å²) in [5.74, 6) is 1.36. The monoisotopic (exact) mass is 328 g/mol. The number of hydrogen-bond donors (Lipinski definition) is 0. The van der Waals surface area contributed by atoms with E-state index in [1.807, 2.05) is 50.2 Å². The van der Waals surface area contributed by atoms with Gasteiger partial charge in [0.15, 0.2) is 0 Å². The Hall–Kier alpha value is -1.94. The van der Waals surface area contributed by atoms with E-state index in [0.29, 0.717) is 5.88 Å². The summed E-state index contributed by atoms with van der Waals surface area (Å²) >= 11 is 3.56. The standard InChI is InChI=1S/C16H13BrN2O/c1-10-7-12(8-11(2)15(10)17)20-16-13-5-3-4-6-14(13)18-9-19-16/h3-9H,1-2H3. The Morgan fingerprint density at radius 2 is 1.70 bits per heavy atom. The van der Waals surface area contributed by atoms with E-state index in [-0.39, 0.29) is 0 Å². The van der Waals surface area contributed by atoms with E-state index in [1.54, 1.807) is 0 Å². The van der Waals surface area contributed by atoms with E-state index in [1.165, 1.54) is 6.33 Å². The summed E-state index contributed by atoms with van der Waals surface area (Å²) in [7, 11) is 0. The molecule has 20 heavy (non-hydrogen) atoms. The van der Waals surface area contributed by atoms with Crippen molar-refractivity contribution in [1.29, 1.82) is 0 Å². The molecule has 0 N–H and O–H groups in total. The number of ether oxygens (including phenoxy) is 1. The van der Waals surface area contributed by atoms with Gasteiger partial charge in [-0.15, -0.1) is 0 Å². The van der Waals surface area contributed by atoms with Gasteiger partial charge in [-0.05, 0) is 49.2 Å². The van der Waals surface area contributed by atoms with Crippen molar-refractivity contribution in [2.24, 2.45) is 0 Å². The summed E-state index contributed by atoms with van der Waals surface area (Å²) in [4.78, 5) is 8.47. The van der Waals surface area contributed by atoms with E-state index in [9.17, 15) is 0 Å². The predicted molar refractivity (Wildman–Crippen MR) is 83.2 cm³/mol. The average molecular weight is 329 g/mol. The summed E-state index contributed by atoms with van der Waals surface area (Å²) in [6.07, 6.45) is 1.52. The number of nitrogens with zero attached hydrogens (tertiary/aromatic N) is 2. The number of benzene rings is 2. The minimum atomic E-state index is 0.580. The molecule has 0 atom stereocenters. The third-order valence-corrected chi connectivity index (χ3v) is 4.38. The Kier molecular flexibility index (Phi) is 3.40. The maximum Gasteiger partial charge on any atom is 0.230 e. The molecule has 0 aliphatic rings.